The van der Waals surface area contributed by atoms with Gasteiger partial charge in [-0.1, -0.05) is 12.1 Å². The zero-order valence-electron chi connectivity index (χ0n) is 10.9. The summed E-state index contributed by atoms with van der Waals surface area (Å²) in [5.74, 6) is -0.261. The summed E-state index contributed by atoms with van der Waals surface area (Å²) in [7, 11) is 0. The van der Waals surface area contributed by atoms with Gasteiger partial charge in [0.25, 0.3) is 5.91 Å². The van der Waals surface area contributed by atoms with Crippen molar-refractivity contribution in [2.45, 2.75) is 13.0 Å². The predicted molar refractivity (Wildman–Crippen MR) is 76.9 cm³/mol. The summed E-state index contributed by atoms with van der Waals surface area (Å²) >= 11 is 0. The van der Waals surface area contributed by atoms with E-state index in [1.54, 1.807) is 6.07 Å². The molecule has 20 heavy (non-hydrogen) atoms. The Morgan fingerprint density at radius 3 is 3.00 bits per heavy atom. The predicted octanol–water partition coefficient (Wildman–Crippen LogP) is 1.27. The van der Waals surface area contributed by atoms with Crippen LogP contribution in [0, 0.1) is 0 Å². The third-order valence-electron chi connectivity index (χ3n) is 3.43. The summed E-state index contributed by atoms with van der Waals surface area (Å²) in [4.78, 5) is 25.9. The van der Waals surface area contributed by atoms with Crippen LogP contribution in [0.4, 0.5) is 5.69 Å². The van der Waals surface area contributed by atoms with Gasteiger partial charge in [-0.15, -0.1) is 0 Å². The number of benzene rings is 1. The van der Waals surface area contributed by atoms with Crippen LogP contribution < -0.4 is 16.2 Å². The molecule has 1 aromatic heterocycles. The van der Waals surface area contributed by atoms with Crippen molar-refractivity contribution >= 4 is 11.6 Å². The number of nitrogens with one attached hydrogen (secondary N) is 3. The Morgan fingerprint density at radius 1 is 1.25 bits per heavy atom. The molecule has 2 aromatic rings. The highest BCUT2D eigenvalue weighted by molar-refractivity contribution is 6.04. The minimum absolute atomic E-state index is 0.261. The average molecular weight is 269 g/mol. The number of carbonyl (C=O) groups is 1. The highest BCUT2D eigenvalue weighted by Crippen LogP contribution is 2.23. The maximum Gasteiger partial charge on any atom is 0.255 e. The normalized spacial score (nSPS) is 13.6. The van der Waals surface area contributed by atoms with E-state index in [9.17, 15) is 9.59 Å². The summed E-state index contributed by atoms with van der Waals surface area (Å²) in [5.41, 5.74) is 3.29. The third-order valence-corrected chi connectivity index (χ3v) is 3.43. The Bertz CT molecular complexity index is 706. The molecule has 1 aliphatic rings. The standard InChI is InChI=1S/C15H15N3O2/c19-14-8-10(4-7-17-14)15(20)18-13-3-1-2-11-9-16-6-5-12(11)13/h1-4,7-8,16H,5-6,9H2,(H,17,19)(H,18,20). The first-order chi connectivity index (χ1) is 9.74. The lowest BCUT2D eigenvalue weighted by Gasteiger charge is -2.20. The second-order valence-corrected chi connectivity index (χ2v) is 4.77. The number of aromatic nitrogens is 1. The number of aromatic amines is 1. The van der Waals surface area contributed by atoms with Crippen LogP contribution in [0.1, 0.15) is 21.5 Å². The van der Waals surface area contributed by atoms with Gasteiger partial charge in [0, 0.05) is 30.1 Å². The van der Waals surface area contributed by atoms with E-state index in [4.69, 9.17) is 0 Å². The number of carbonyl (C=O) groups excluding carboxylic acids is 1. The van der Waals surface area contributed by atoms with Crippen molar-refractivity contribution in [3.63, 3.8) is 0 Å². The molecule has 0 spiro atoms. The van der Waals surface area contributed by atoms with E-state index in [2.05, 4.69) is 21.7 Å². The smallest absolute Gasteiger partial charge is 0.255 e. The monoisotopic (exact) mass is 269 g/mol. The fraction of sp³-hybridized carbons (Fsp3) is 0.200. The number of fused-ring (bicyclic) bond motifs is 1. The van der Waals surface area contributed by atoms with Gasteiger partial charge >= 0.3 is 0 Å². The van der Waals surface area contributed by atoms with Gasteiger partial charge in [-0.25, -0.2) is 0 Å². The Balaban J connectivity index is 1.88. The number of amides is 1. The summed E-state index contributed by atoms with van der Waals surface area (Å²) in [5, 5.41) is 6.20. The number of anilines is 1. The van der Waals surface area contributed by atoms with Gasteiger partial charge in [-0.05, 0) is 36.2 Å². The van der Waals surface area contributed by atoms with Gasteiger partial charge in [-0.2, -0.15) is 0 Å². The van der Waals surface area contributed by atoms with Gasteiger partial charge in [0.2, 0.25) is 5.56 Å². The van der Waals surface area contributed by atoms with Crippen molar-refractivity contribution in [2.75, 3.05) is 11.9 Å². The lowest BCUT2D eigenvalue weighted by atomic mass is 9.99. The van der Waals surface area contributed by atoms with Crippen molar-refractivity contribution in [3.8, 4) is 0 Å². The van der Waals surface area contributed by atoms with Gasteiger partial charge in [0.15, 0.2) is 0 Å². The first-order valence-corrected chi connectivity index (χ1v) is 6.55. The molecule has 2 heterocycles. The van der Waals surface area contributed by atoms with E-state index in [0.29, 0.717) is 5.56 Å². The van der Waals surface area contributed by atoms with Crippen LogP contribution >= 0.6 is 0 Å². The van der Waals surface area contributed by atoms with Crippen molar-refractivity contribution in [1.82, 2.24) is 10.3 Å². The molecule has 1 aromatic carbocycles. The highest BCUT2D eigenvalue weighted by atomic mass is 16.2. The quantitative estimate of drug-likeness (QED) is 0.768. The molecule has 3 N–H and O–H groups in total. The molecular formula is C15H15N3O2. The first kappa shape index (κ1) is 12.6. The molecular weight excluding hydrogens is 254 g/mol. The number of hydrogen-bond donors (Lipinski definition) is 3. The Hall–Kier alpha value is -2.40. The van der Waals surface area contributed by atoms with E-state index >= 15 is 0 Å². The largest absolute Gasteiger partial charge is 0.329 e. The highest BCUT2D eigenvalue weighted by Gasteiger charge is 2.14. The van der Waals surface area contributed by atoms with Crippen LogP contribution in [-0.2, 0) is 13.0 Å². The minimum atomic E-state index is -0.281. The molecule has 5 heteroatoms. The SMILES string of the molecule is O=C(Nc1cccc2c1CCNC2)c1cc[nH]c(=O)c1. The molecule has 0 atom stereocenters. The third kappa shape index (κ3) is 2.48. The molecule has 1 amide bonds. The van der Waals surface area contributed by atoms with E-state index in [0.717, 1.165) is 25.2 Å². The van der Waals surface area contributed by atoms with Crippen molar-refractivity contribution in [1.29, 1.82) is 0 Å². The summed E-state index contributed by atoms with van der Waals surface area (Å²) in [6.07, 6.45) is 2.36. The Labute approximate surface area is 116 Å². The summed E-state index contributed by atoms with van der Waals surface area (Å²) in [6.45, 7) is 1.73. The molecule has 0 radical (unpaired) electrons. The fourth-order valence-electron chi connectivity index (χ4n) is 2.43. The molecule has 0 aliphatic carbocycles. The van der Waals surface area contributed by atoms with Crippen LogP contribution in [0.25, 0.3) is 0 Å². The van der Waals surface area contributed by atoms with Gasteiger partial charge in [0.1, 0.15) is 0 Å². The summed E-state index contributed by atoms with van der Waals surface area (Å²) in [6, 6.07) is 8.78. The van der Waals surface area contributed by atoms with Gasteiger partial charge < -0.3 is 15.6 Å². The number of H-pyrrole nitrogens is 1. The van der Waals surface area contributed by atoms with Crippen molar-refractivity contribution in [3.05, 3.63) is 63.6 Å². The zero-order valence-corrected chi connectivity index (χ0v) is 10.9. The molecule has 0 saturated carbocycles. The number of pyridine rings is 1. The minimum Gasteiger partial charge on any atom is -0.329 e. The molecule has 5 nitrogen and oxygen atoms in total. The van der Waals surface area contributed by atoms with Crippen molar-refractivity contribution < 1.29 is 4.79 Å². The van der Waals surface area contributed by atoms with Crippen LogP contribution in [0.3, 0.4) is 0 Å². The maximum atomic E-state index is 12.2. The molecule has 0 saturated heterocycles. The Morgan fingerprint density at radius 2 is 2.15 bits per heavy atom. The van der Waals surface area contributed by atoms with Crippen molar-refractivity contribution in [2.24, 2.45) is 0 Å². The Kier molecular flexibility index (Phi) is 3.35. The molecule has 0 bridgehead atoms. The maximum absolute atomic E-state index is 12.2. The fourth-order valence-corrected chi connectivity index (χ4v) is 2.43. The molecule has 3 rings (SSSR count). The van der Waals surface area contributed by atoms with Gasteiger partial charge in [0.05, 0.1) is 0 Å². The van der Waals surface area contributed by atoms with Crippen LogP contribution in [0.5, 0.6) is 0 Å². The van der Waals surface area contributed by atoms with E-state index in [1.807, 2.05) is 12.1 Å². The lowest BCUT2D eigenvalue weighted by molar-refractivity contribution is 0.102. The van der Waals surface area contributed by atoms with Gasteiger partial charge in [-0.3, -0.25) is 9.59 Å². The molecule has 1 aliphatic heterocycles. The van der Waals surface area contributed by atoms with E-state index < -0.39 is 0 Å². The van der Waals surface area contributed by atoms with Crippen LogP contribution in [0.15, 0.2) is 41.3 Å². The summed E-state index contributed by atoms with van der Waals surface area (Å²) < 4.78 is 0. The second-order valence-electron chi connectivity index (χ2n) is 4.77. The average Bonchev–Trinajstić information content (AvgIpc) is 2.47. The van der Waals surface area contributed by atoms with E-state index in [1.165, 1.54) is 23.4 Å². The van der Waals surface area contributed by atoms with Crippen LogP contribution in [-0.4, -0.2) is 17.4 Å². The topological polar surface area (TPSA) is 74.0 Å². The van der Waals surface area contributed by atoms with Crippen LogP contribution in [0.2, 0.25) is 0 Å². The molecule has 0 fully saturated rings. The zero-order chi connectivity index (χ0) is 13.9. The van der Waals surface area contributed by atoms with E-state index in [-0.39, 0.29) is 11.5 Å². The molecule has 0 unspecified atom stereocenters. The first-order valence-electron chi connectivity index (χ1n) is 6.55. The lowest BCUT2D eigenvalue weighted by Crippen LogP contribution is -2.25. The second kappa shape index (κ2) is 5.30. The number of rotatable bonds is 2. The number of hydrogen-bond acceptors (Lipinski definition) is 3. The molecule has 102 valence electrons.